The van der Waals surface area contributed by atoms with Crippen LogP contribution in [0.4, 0.5) is 0 Å². The Morgan fingerprint density at radius 3 is 2.38 bits per heavy atom. The monoisotopic (exact) mass is 316 g/mol. The SMILES string of the molecule is [C-]#[N+]C1([N+]#[C-])CC=CC(c2ccccc2)C2=C1C(C)(C)C(=O)CC2. The molecule has 0 N–H and O–H groups in total. The Hall–Kier alpha value is -2.65. The minimum absolute atomic E-state index is 0.0407. The van der Waals surface area contributed by atoms with Crippen LogP contribution in [0.5, 0.6) is 0 Å². The maximum Gasteiger partial charge on any atom is 0.510 e. The molecule has 3 nitrogen and oxygen atoms in total. The normalized spacial score (nSPS) is 24.5. The Kier molecular flexibility index (Phi) is 3.90. The van der Waals surface area contributed by atoms with E-state index in [4.69, 9.17) is 13.1 Å². The molecule has 1 aromatic carbocycles. The van der Waals surface area contributed by atoms with E-state index >= 15 is 0 Å². The zero-order valence-electron chi connectivity index (χ0n) is 14.0. The second-order valence-electron chi connectivity index (χ2n) is 7.01. The van der Waals surface area contributed by atoms with Crippen molar-refractivity contribution in [3.05, 3.63) is 82.0 Å². The van der Waals surface area contributed by atoms with Crippen LogP contribution in [-0.4, -0.2) is 11.4 Å². The summed E-state index contributed by atoms with van der Waals surface area (Å²) >= 11 is 0. The fourth-order valence-corrected chi connectivity index (χ4v) is 4.08. The van der Waals surface area contributed by atoms with Crippen molar-refractivity contribution in [2.24, 2.45) is 5.41 Å². The fraction of sp³-hybridized carbons (Fsp3) is 0.381. The summed E-state index contributed by atoms with van der Waals surface area (Å²) in [7, 11) is 0. The number of ketones is 1. The number of rotatable bonds is 1. The molecule has 0 aliphatic heterocycles. The van der Waals surface area contributed by atoms with Gasteiger partial charge in [-0.05, 0) is 31.4 Å². The van der Waals surface area contributed by atoms with Crippen LogP contribution in [-0.2, 0) is 4.79 Å². The molecule has 0 fully saturated rings. The number of carbonyl (C=O) groups excluding carboxylic acids is 1. The molecular weight excluding hydrogens is 296 g/mol. The molecule has 1 unspecified atom stereocenters. The Labute approximate surface area is 143 Å². The van der Waals surface area contributed by atoms with E-state index in [1.165, 1.54) is 0 Å². The summed E-state index contributed by atoms with van der Waals surface area (Å²) in [5, 5.41) is 0. The number of benzene rings is 1. The molecule has 0 spiro atoms. The fourth-order valence-electron chi connectivity index (χ4n) is 4.08. The summed E-state index contributed by atoms with van der Waals surface area (Å²) in [4.78, 5) is 20.1. The van der Waals surface area contributed by atoms with Gasteiger partial charge in [0.25, 0.3) is 0 Å². The lowest BCUT2D eigenvalue weighted by Crippen LogP contribution is -2.41. The molecule has 0 saturated carbocycles. The number of Topliss-reactive ketones (excluding diaryl/α,β-unsaturated/α-hetero) is 1. The largest absolute Gasteiger partial charge is 0.510 e. The molecule has 1 atom stereocenters. The highest BCUT2D eigenvalue weighted by Crippen LogP contribution is 2.52. The van der Waals surface area contributed by atoms with Crippen LogP contribution in [0, 0.1) is 18.6 Å². The molecule has 0 amide bonds. The molecular formula is C21H20N2O. The lowest BCUT2D eigenvalue weighted by Gasteiger charge is -2.35. The summed E-state index contributed by atoms with van der Waals surface area (Å²) in [6, 6.07) is 10.1. The van der Waals surface area contributed by atoms with E-state index in [0.717, 1.165) is 16.7 Å². The molecule has 3 rings (SSSR count). The standard InChI is InChI=1S/C21H20N2O/c1-20(2)18(24)13-12-17-16(15-9-6-5-7-10-15)11-8-14-21(22-3,23-4)19(17)20/h5-11,16H,12-14H2,1-2H3. The van der Waals surface area contributed by atoms with Gasteiger partial charge in [0.1, 0.15) is 17.8 Å². The van der Waals surface area contributed by atoms with Crippen molar-refractivity contribution < 1.29 is 4.79 Å². The van der Waals surface area contributed by atoms with Crippen LogP contribution in [0.25, 0.3) is 9.69 Å². The van der Waals surface area contributed by atoms with Gasteiger partial charge in [-0.3, -0.25) is 4.79 Å². The summed E-state index contributed by atoms with van der Waals surface area (Å²) < 4.78 is 0. The van der Waals surface area contributed by atoms with E-state index < -0.39 is 11.1 Å². The molecule has 1 aromatic rings. The van der Waals surface area contributed by atoms with Crippen molar-refractivity contribution in [1.82, 2.24) is 0 Å². The van der Waals surface area contributed by atoms with Crippen molar-refractivity contribution in [3.8, 4) is 0 Å². The third-order valence-corrected chi connectivity index (χ3v) is 5.30. The van der Waals surface area contributed by atoms with E-state index in [-0.39, 0.29) is 11.7 Å². The summed E-state index contributed by atoms with van der Waals surface area (Å²) in [5.41, 5.74) is 0.940. The highest BCUT2D eigenvalue weighted by molar-refractivity contribution is 5.90. The molecule has 0 heterocycles. The zero-order chi connectivity index (χ0) is 17.4. The minimum Gasteiger partial charge on any atom is -0.299 e. The maximum atomic E-state index is 12.6. The second kappa shape index (κ2) is 5.77. The second-order valence-corrected chi connectivity index (χ2v) is 7.01. The first kappa shape index (κ1) is 16.2. The van der Waals surface area contributed by atoms with Gasteiger partial charge in [-0.1, -0.05) is 42.5 Å². The number of hydrogen-bond donors (Lipinski definition) is 0. The molecule has 2 aliphatic rings. The quantitative estimate of drug-likeness (QED) is 0.531. The maximum absolute atomic E-state index is 12.6. The van der Waals surface area contributed by atoms with E-state index in [0.29, 0.717) is 19.3 Å². The van der Waals surface area contributed by atoms with Gasteiger partial charge in [0, 0.05) is 12.3 Å². The minimum atomic E-state index is -1.28. The first-order chi connectivity index (χ1) is 11.5. The Morgan fingerprint density at radius 2 is 1.75 bits per heavy atom. The Morgan fingerprint density at radius 1 is 1.08 bits per heavy atom. The van der Waals surface area contributed by atoms with Gasteiger partial charge >= 0.3 is 5.66 Å². The highest BCUT2D eigenvalue weighted by atomic mass is 16.1. The molecule has 2 aliphatic carbocycles. The zero-order valence-corrected chi connectivity index (χ0v) is 14.0. The van der Waals surface area contributed by atoms with Gasteiger partial charge in [0.2, 0.25) is 0 Å². The van der Waals surface area contributed by atoms with Crippen LogP contribution in [0.15, 0.2) is 53.6 Å². The van der Waals surface area contributed by atoms with Crippen molar-refractivity contribution in [3.63, 3.8) is 0 Å². The van der Waals surface area contributed by atoms with Gasteiger partial charge in [-0.2, -0.15) is 0 Å². The molecule has 120 valence electrons. The molecule has 0 bridgehead atoms. The Balaban J connectivity index is 2.31. The molecule has 0 saturated heterocycles. The molecule has 24 heavy (non-hydrogen) atoms. The van der Waals surface area contributed by atoms with Crippen molar-refractivity contribution in [2.75, 3.05) is 0 Å². The number of nitrogens with zero attached hydrogens (tertiary/aromatic N) is 2. The van der Waals surface area contributed by atoms with Gasteiger partial charge in [0.05, 0.1) is 5.41 Å². The molecule has 0 aromatic heterocycles. The highest BCUT2D eigenvalue weighted by Gasteiger charge is 2.59. The number of allylic oxidation sites excluding steroid dienone is 2. The number of hydrogen-bond acceptors (Lipinski definition) is 1. The summed E-state index contributed by atoms with van der Waals surface area (Å²) in [5.74, 6) is 0.172. The first-order valence-corrected chi connectivity index (χ1v) is 8.22. The van der Waals surface area contributed by atoms with E-state index in [9.17, 15) is 4.79 Å². The lowest BCUT2D eigenvalue weighted by atomic mass is 9.64. The van der Waals surface area contributed by atoms with Crippen LogP contribution >= 0.6 is 0 Å². The predicted octanol–water partition coefficient (Wildman–Crippen LogP) is 4.95. The van der Waals surface area contributed by atoms with Gasteiger partial charge < -0.3 is 0 Å². The first-order valence-electron chi connectivity index (χ1n) is 8.22. The van der Waals surface area contributed by atoms with Crippen molar-refractivity contribution >= 4 is 5.78 Å². The summed E-state index contributed by atoms with van der Waals surface area (Å²) in [6.07, 6.45) is 5.52. The third kappa shape index (κ3) is 2.29. The van der Waals surface area contributed by atoms with Crippen LogP contribution < -0.4 is 0 Å². The van der Waals surface area contributed by atoms with Crippen molar-refractivity contribution in [2.45, 2.75) is 44.7 Å². The summed E-state index contributed by atoms with van der Waals surface area (Å²) in [6.45, 7) is 19.2. The van der Waals surface area contributed by atoms with Gasteiger partial charge in [-0.25, -0.2) is 22.8 Å². The average Bonchev–Trinajstić information content (AvgIpc) is 2.77. The van der Waals surface area contributed by atoms with E-state index in [1.807, 2.05) is 38.1 Å². The number of carbonyl (C=O) groups is 1. The van der Waals surface area contributed by atoms with Gasteiger partial charge in [0.15, 0.2) is 0 Å². The Bertz CT molecular complexity index is 802. The third-order valence-electron chi connectivity index (χ3n) is 5.30. The van der Waals surface area contributed by atoms with Crippen LogP contribution in [0.1, 0.15) is 44.6 Å². The smallest absolute Gasteiger partial charge is 0.299 e. The molecule has 3 heteroatoms. The van der Waals surface area contributed by atoms with Crippen molar-refractivity contribution in [1.29, 1.82) is 0 Å². The van der Waals surface area contributed by atoms with E-state index in [1.54, 1.807) is 0 Å². The predicted molar refractivity (Wildman–Crippen MR) is 93.9 cm³/mol. The lowest BCUT2D eigenvalue weighted by molar-refractivity contribution is -0.126. The topological polar surface area (TPSA) is 25.8 Å². The van der Waals surface area contributed by atoms with E-state index in [2.05, 4.69) is 27.9 Å². The van der Waals surface area contributed by atoms with Gasteiger partial charge in [-0.15, -0.1) is 0 Å². The average molecular weight is 316 g/mol. The molecule has 0 radical (unpaired) electrons. The van der Waals surface area contributed by atoms with Crippen LogP contribution in [0.2, 0.25) is 0 Å². The van der Waals surface area contributed by atoms with Crippen LogP contribution in [0.3, 0.4) is 0 Å².